The molecule has 0 aliphatic carbocycles. The predicted octanol–water partition coefficient (Wildman–Crippen LogP) is 4.95. The van der Waals surface area contributed by atoms with Gasteiger partial charge in [-0.2, -0.15) is 5.26 Å². The second-order valence-electron chi connectivity index (χ2n) is 5.14. The van der Waals surface area contributed by atoms with E-state index in [1.54, 1.807) is 23.6 Å². The topological polar surface area (TPSA) is 72.2 Å². The van der Waals surface area contributed by atoms with Crippen molar-refractivity contribution < 1.29 is 14.3 Å². The molecule has 7 heteroatoms. The van der Waals surface area contributed by atoms with Crippen molar-refractivity contribution in [3.05, 3.63) is 64.1 Å². The van der Waals surface area contributed by atoms with E-state index in [-0.39, 0.29) is 11.4 Å². The highest BCUT2D eigenvalue weighted by molar-refractivity contribution is 7.13. The van der Waals surface area contributed by atoms with Crippen LogP contribution in [0.15, 0.2) is 47.8 Å². The van der Waals surface area contributed by atoms with Gasteiger partial charge in [0.05, 0.1) is 18.2 Å². The minimum atomic E-state index is -0.591. The number of benzene rings is 2. The maximum absolute atomic E-state index is 12.4. The van der Waals surface area contributed by atoms with Crippen LogP contribution in [0.3, 0.4) is 0 Å². The molecular formula is C19H13ClN2O3S. The van der Waals surface area contributed by atoms with Gasteiger partial charge < -0.3 is 9.47 Å². The average Bonchev–Trinajstić information content (AvgIpc) is 3.14. The van der Waals surface area contributed by atoms with E-state index in [2.05, 4.69) is 4.98 Å². The lowest BCUT2D eigenvalue weighted by atomic mass is 10.2. The standard InChI is InChI=1S/C19H13ClN2O3S/c1-2-24-17-9-12(10-21)3-8-16(17)25-19(23)15-11-26-18(22-15)13-4-6-14(20)7-5-13/h3-9,11H,2H2,1H3. The second-order valence-corrected chi connectivity index (χ2v) is 6.44. The van der Waals surface area contributed by atoms with Crippen LogP contribution in [0.4, 0.5) is 0 Å². The van der Waals surface area contributed by atoms with Crippen LogP contribution in [0, 0.1) is 11.3 Å². The number of carbonyl (C=O) groups is 1. The molecule has 0 amide bonds. The van der Waals surface area contributed by atoms with Crippen molar-refractivity contribution in [3.8, 4) is 28.1 Å². The van der Waals surface area contributed by atoms with Crippen molar-refractivity contribution in [3.63, 3.8) is 0 Å². The van der Waals surface area contributed by atoms with E-state index in [0.717, 1.165) is 5.56 Å². The number of halogens is 1. The minimum Gasteiger partial charge on any atom is -0.490 e. The molecule has 0 saturated carbocycles. The van der Waals surface area contributed by atoms with Gasteiger partial charge in [0, 0.05) is 22.0 Å². The zero-order valence-electron chi connectivity index (χ0n) is 13.7. The molecule has 0 aliphatic rings. The number of nitriles is 1. The van der Waals surface area contributed by atoms with E-state index in [1.807, 2.05) is 25.1 Å². The van der Waals surface area contributed by atoms with Gasteiger partial charge >= 0.3 is 5.97 Å². The highest BCUT2D eigenvalue weighted by Gasteiger charge is 2.17. The van der Waals surface area contributed by atoms with Crippen LogP contribution in [0.25, 0.3) is 10.6 Å². The van der Waals surface area contributed by atoms with E-state index in [0.29, 0.717) is 28.0 Å². The van der Waals surface area contributed by atoms with Gasteiger partial charge in [0.2, 0.25) is 0 Å². The van der Waals surface area contributed by atoms with Gasteiger partial charge in [0.1, 0.15) is 5.01 Å². The summed E-state index contributed by atoms with van der Waals surface area (Å²) in [6.07, 6.45) is 0. The maximum Gasteiger partial charge on any atom is 0.363 e. The number of rotatable bonds is 5. The van der Waals surface area contributed by atoms with Gasteiger partial charge in [-0.1, -0.05) is 23.7 Å². The molecule has 0 fully saturated rings. The van der Waals surface area contributed by atoms with Crippen LogP contribution in [-0.2, 0) is 0 Å². The molecular weight excluding hydrogens is 372 g/mol. The van der Waals surface area contributed by atoms with Gasteiger partial charge in [-0.25, -0.2) is 9.78 Å². The Morgan fingerprint density at radius 2 is 2.00 bits per heavy atom. The summed E-state index contributed by atoms with van der Waals surface area (Å²) in [5.41, 5.74) is 1.49. The first-order valence-electron chi connectivity index (χ1n) is 7.71. The fraction of sp³-hybridized carbons (Fsp3) is 0.105. The third-order valence-electron chi connectivity index (χ3n) is 3.38. The Kier molecular flexibility index (Phi) is 5.52. The van der Waals surface area contributed by atoms with Gasteiger partial charge in [0.15, 0.2) is 17.2 Å². The van der Waals surface area contributed by atoms with Crippen molar-refractivity contribution in [1.29, 1.82) is 5.26 Å². The van der Waals surface area contributed by atoms with E-state index < -0.39 is 5.97 Å². The second kappa shape index (κ2) is 8.00. The molecule has 3 aromatic rings. The van der Waals surface area contributed by atoms with Crippen molar-refractivity contribution in [2.45, 2.75) is 6.92 Å². The number of esters is 1. The summed E-state index contributed by atoms with van der Waals surface area (Å²) in [5, 5.41) is 11.9. The van der Waals surface area contributed by atoms with E-state index in [9.17, 15) is 4.79 Å². The van der Waals surface area contributed by atoms with Crippen LogP contribution in [-0.4, -0.2) is 17.6 Å². The smallest absolute Gasteiger partial charge is 0.363 e. The lowest BCUT2D eigenvalue weighted by molar-refractivity contribution is 0.0723. The number of thiazole rings is 1. The molecule has 0 radical (unpaired) electrons. The molecule has 0 spiro atoms. The Balaban J connectivity index is 1.81. The highest BCUT2D eigenvalue weighted by Crippen LogP contribution is 2.30. The highest BCUT2D eigenvalue weighted by atomic mass is 35.5. The summed E-state index contributed by atoms with van der Waals surface area (Å²) in [4.78, 5) is 16.7. The maximum atomic E-state index is 12.4. The summed E-state index contributed by atoms with van der Waals surface area (Å²) in [5.74, 6) is -0.00271. The van der Waals surface area contributed by atoms with Crippen molar-refractivity contribution in [2.24, 2.45) is 0 Å². The zero-order valence-corrected chi connectivity index (χ0v) is 15.3. The summed E-state index contributed by atoms with van der Waals surface area (Å²) < 4.78 is 10.8. The SMILES string of the molecule is CCOc1cc(C#N)ccc1OC(=O)c1csc(-c2ccc(Cl)cc2)n1. The Morgan fingerprint density at radius 1 is 1.23 bits per heavy atom. The molecule has 3 rings (SSSR count). The third-order valence-corrected chi connectivity index (χ3v) is 4.52. The first-order chi connectivity index (χ1) is 12.6. The molecule has 2 aromatic carbocycles. The molecule has 0 aliphatic heterocycles. The molecule has 1 heterocycles. The molecule has 5 nitrogen and oxygen atoms in total. The normalized spacial score (nSPS) is 10.2. The molecule has 0 atom stereocenters. The zero-order chi connectivity index (χ0) is 18.5. The monoisotopic (exact) mass is 384 g/mol. The van der Waals surface area contributed by atoms with Gasteiger partial charge in [-0.05, 0) is 31.2 Å². The fourth-order valence-electron chi connectivity index (χ4n) is 2.17. The Bertz CT molecular complexity index is 977. The van der Waals surface area contributed by atoms with Gasteiger partial charge in [0.25, 0.3) is 0 Å². The third kappa shape index (κ3) is 4.02. The summed E-state index contributed by atoms with van der Waals surface area (Å²) in [6, 6.07) is 13.9. The first kappa shape index (κ1) is 17.9. The lowest BCUT2D eigenvalue weighted by Gasteiger charge is -2.10. The molecule has 0 saturated heterocycles. The number of hydrogen-bond donors (Lipinski definition) is 0. The number of ether oxygens (including phenoxy) is 2. The Hall–Kier alpha value is -2.88. The Labute approximate surface area is 159 Å². The van der Waals surface area contributed by atoms with E-state index in [4.69, 9.17) is 26.3 Å². The van der Waals surface area contributed by atoms with E-state index >= 15 is 0 Å². The lowest BCUT2D eigenvalue weighted by Crippen LogP contribution is -2.10. The molecule has 130 valence electrons. The van der Waals surface area contributed by atoms with Gasteiger partial charge in [-0.15, -0.1) is 11.3 Å². The number of aromatic nitrogens is 1. The van der Waals surface area contributed by atoms with Crippen LogP contribution in [0.1, 0.15) is 23.0 Å². The van der Waals surface area contributed by atoms with Crippen molar-refractivity contribution in [2.75, 3.05) is 6.61 Å². The molecule has 0 N–H and O–H groups in total. The summed E-state index contributed by atoms with van der Waals surface area (Å²) in [6.45, 7) is 2.19. The first-order valence-corrected chi connectivity index (χ1v) is 8.97. The van der Waals surface area contributed by atoms with Crippen LogP contribution in [0.5, 0.6) is 11.5 Å². The summed E-state index contributed by atoms with van der Waals surface area (Å²) >= 11 is 7.22. The fourth-order valence-corrected chi connectivity index (χ4v) is 3.10. The van der Waals surface area contributed by atoms with Gasteiger partial charge in [-0.3, -0.25) is 0 Å². The largest absolute Gasteiger partial charge is 0.490 e. The predicted molar refractivity (Wildman–Crippen MR) is 99.8 cm³/mol. The van der Waals surface area contributed by atoms with E-state index in [1.165, 1.54) is 23.5 Å². The minimum absolute atomic E-state index is 0.201. The molecule has 0 bridgehead atoms. The quantitative estimate of drug-likeness (QED) is 0.459. The Morgan fingerprint density at radius 3 is 2.69 bits per heavy atom. The van der Waals surface area contributed by atoms with Crippen LogP contribution >= 0.6 is 22.9 Å². The van der Waals surface area contributed by atoms with Crippen molar-refractivity contribution in [1.82, 2.24) is 4.98 Å². The van der Waals surface area contributed by atoms with Crippen LogP contribution in [0.2, 0.25) is 5.02 Å². The summed E-state index contributed by atoms with van der Waals surface area (Å²) in [7, 11) is 0. The molecule has 0 unspecified atom stereocenters. The number of nitrogens with zero attached hydrogens (tertiary/aromatic N) is 2. The number of hydrogen-bond acceptors (Lipinski definition) is 6. The molecule has 26 heavy (non-hydrogen) atoms. The average molecular weight is 385 g/mol. The number of carbonyl (C=O) groups excluding carboxylic acids is 1. The molecule has 1 aromatic heterocycles. The van der Waals surface area contributed by atoms with Crippen LogP contribution < -0.4 is 9.47 Å². The van der Waals surface area contributed by atoms with Crippen molar-refractivity contribution >= 4 is 28.9 Å².